The first-order valence-electron chi connectivity index (χ1n) is 6.79. The lowest BCUT2D eigenvalue weighted by Gasteiger charge is -2.33. The summed E-state index contributed by atoms with van der Waals surface area (Å²) in [5, 5.41) is 3.59. The minimum absolute atomic E-state index is 0.596. The molecular weight excluding hydrogens is 222 g/mol. The van der Waals surface area contributed by atoms with Crippen LogP contribution in [0.5, 0.6) is 0 Å². The van der Waals surface area contributed by atoms with Gasteiger partial charge in [-0.25, -0.2) is 0 Å². The maximum atomic E-state index is 3.59. The molecule has 3 nitrogen and oxygen atoms in total. The zero-order valence-electron chi connectivity index (χ0n) is 11.8. The summed E-state index contributed by atoms with van der Waals surface area (Å²) in [6.07, 6.45) is 0. The van der Waals surface area contributed by atoms with E-state index in [2.05, 4.69) is 60.4 Å². The second-order valence-corrected chi connectivity index (χ2v) is 5.60. The lowest BCUT2D eigenvalue weighted by atomic mass is 10.1. The predicted molar refractivity (Wildman–Crippen MR) is 76.8 cm³/mol. The van der Waals surface area contributed by atoms with Gasteiger partial charge in [0.05, 0.1) is 0 Å². The average molecular weight is 247 g/mol. The van der Waals surface area contributed by atoms with Crippen molar-refractivity contribution < 1.29 is 0 Å². The van der Waals surface area contributed by atoms with Crippen molar-refractivity contribution in [2.75, 3.05) is 40.3 Å². The molecule has 0 bridgehead atoms. The van der Waals surface area contributed by atoms with E-state index in [4.69, 9.17) is 0 Å². The molecule has 2 rings (SSSR count). The van der Waals surface area contributed by atoms with Crippen molar-refractivity contribution in [1.82, 2.24) is 15.1 Å². The molecule has 3 heteroatoms. The van der Waals surface area contributed by atoms with Gasteiger partial charge in [-0.15, -0.1) is 0 Å². The number of likely N-dealkylation sites (N-methyl/N-ethyl adjacent to an activating group) is 2. The minimum Gasteiger partial charge on any atom is -0.310 e. The normalized spacial score (nSPS) is 21.4. The van der Waals surface area contributed by atoms with Crippen LogP contribution in [0.25, 0.3) is 0 Å². The van der Waals surface area contributed by atoms with E-state index in [0.29, 0.717) is 6.04 Å². The quantitative estimate of drug-likeness (QED) is 0.866. The summed E-state index contributed by atoms with van der Waals surface area (Å²) in [4.78, 5) is 4.81. The smallest absolute Gasteiger partial charge is 0.0323 e. The molecule has 1 aliphatic heterocycles. The highest BCUT2D eigenvalue weighted by molar-refractivity contribution is 5.21. The average Bonchev–Trinajstić information content (AvgIpc) is 2.32. The van der Waals surface area contributed by atoms with E-state index in [1.165, 1.54) is 11.1 Å². The van der Waals surface area contributed by atoms with Gasteiger partial charge in [0.1, 0.15) is 0 Å². The van der Waals surface area contributed by atoms with Gasteiger partial charge in [0.2, 0.25) is 0 Å². The number of nitrogens with one attached hydrogen (secondary N) is 1. The van der Waals surface area contributed by atoms with Crippen LogP contribution in [0.15, 0.2) is 24.3 Å². The topological polar surface area (TPSA) is 18.5 Å². The lowest BCUT2D eigenvalue weighted by molar-refractivity contribution is 0.192. The van der Waals surface area contributed by atoms with Crippen molar-refractivity contribution in [1.29, 1.82) is 0 Å². The number of piperazine rings is 1. The van der Waals surface area contributed by atoms with Gasteiger partial charge in [-0.05, 0) is 26.6 Å². The Labute approximate surface area is 111 Å². The molecule has 0 amide bonds. The van der Waals surface area contributed by atoms with E-state index >= 15 is 0 Å². The maximum Gasteiger partial charge on any atom is 0.0323 e. The van der Waals surface area contributed by atoms with Crippen LogP contribution in [-0.4, -0.2) is 56.1 Å². The maximum absolute atomic E-state index is 3.59. The molecule has 0 radical (unpaired) electrons. The largest absolute Gasteiger partial charge is 0.310 e. The monoisotopic (exact) mass is 247 g/mol. The molecule has 1 unspecified atom stereocenters. The summed E-state index contributed by atoms with van der Waals surface area (Å²) in [5.74, 6) is 0. The van der Waals surface area contributed by atoms with Crippen molar-refractivity contribution in [2.24, 2.45) is 0 Å². The van der Waals surface area contributed by atoms with Gasteiger partial charge in [-0.1, -0.05) is 29.8 Å². The van der Waals surface area contributed by atoms with E-state index in [0.717, 1.165) is 32.7 Å². The van der Waals surface area contributed by atoms with Crippen LogP contribution in [0, 0.1) is 6.92 Å². The first kappa shape index (κ1) is 13.5. The number of hydrogen-bond acceptors (Lipinski definition) is 3. The Kier molecular flexibility index (Phi) is 4.75. The first-order chi connectivity index (χ1) is 8.63. The predicted octanol–water partition coefficient (Wildman–Crippen LogP) is 1.33. The molecule has 100 valence electrons. The first-order valence-corrected chi connectivity index (χ1v) is 6.79. The van der Waals surface area contributed by atoms with E-state index in [1.54, 1.807) is 0 Å². The number of benzene rings is 1. The summed E-state index contributed by atoms with van der Waals surface area (Å²) in [7, 11) is 4.41. The van der Waals surface area contributed by atoms with Crippen LogP contribution in [-0.2, 0) is 6.54 Å². The third-order valence-corrected chi connectivity index (χ3v) is 3.56. The highest BCUT2D eigenvalue weighted by atomic mass is 15.2. The Morgan fingerprint density at radius 1 is 1.33 bits per heavy atom. The van der Waals surface area contributed by atoms with E-state index in [9.17, 15) is 0 Å². The standard InChI is InChI=1S/C15H25N3/c1-13-4-6-14(7-5-13)10-18(3)12-15-11-17(2)9-8-16-15/h4-7,15-16H,8-12H2,1-3H3. The van der Waals surface area contributed by atoms with Crippen LogP contribution < -0.4 is 5.32 Å². The second-order valence-electron chi connectivity index (χ2n) is 5.60. The van der Waals surface area contributed by atoms with Gasteiger partial charge in [0, 0.05) is 38.8 Å². The van der Waals surface area contributed by atoms with Gasteiger partial charge in [0.25, 0.3) is 0 Å². The van der Waals surface area contributed by atoms with E-state index in [1.807, 2.05) is 0 Å². The SMILES string of the molecule is Cc1ccc(CN(C)CC2CN(C)CCN2)cc1. The molecule has 18 heavy (non-hydrogen) atoms. The fraction of sp³-hybridized carbons (Fsp3) is 0.600. The zero-order valence-corrected chi connectivity index (χ0v) is 11.8. The minimum atomic E-state index is 0.596. The molecule has 1 heterocycles. The molecule has 0 aromatic heterocycles. The molecule has 1 saturated heterocycles. The summed E-state index contributed by atoms with van der Waals surface area (Å²) in [5.41, 5.74) is 2.73. The molecule has 1 aromatic rings. The van der Waals surface area contributed by atoms with Gasteiger partial charge >= 0.3 is 0 Å². The molecule has 1 aromatic carbocycles. The second kappa shape index (κ2) is 6.32. The Hall–Kier alpha value is -0.900. The van der Waals surface area contributed by atoms with Crippen molar-refractivity contribution in [3.63, 3.8) is 0 Å². The van der Waals surface area contributed by atoms with Crippen LogP contribution in [0.3, 0.4) is 0 Å². The molecule has 0 saturated carbocycles. The third-order valence-electron chi connectivity index (χ3n) is 3.56. The molecular formula is C15H25N3. The van der Waals surface area contributed by atoms with E-state index in [-0.39, 0.29) is 0 Å². The van der Waals surface area contributed by atoms with Gasteiger partial charge in [0.15, 0.2) is 0 Å². The highest BCUT2D eigenvalue weighted by Gasteiger charge is 2.17. The van der Waals surface area contributed by atoms with Crippen molar-refractivity contribution in [2.45, 2.75) is 19.5 Å². The lowest BCUT2D eigenvalue weighted by Crippen LogP contribution is -2.53. The number of aryl methyl sites for hydroxylation is 1. The Balaban J connectivity index is 1.81. The van der Waals surface area contributed by atoms with Crippen molar-refractivity contribution in [3.05, 3.63) is 35.4 Å². The third kappa shape index (κ3) is 4.09. The van der Waals surface area contributed by atoms with Crippen LogP contribution in [0.4, 0.5) is 0 Å². The molecule has 1 fully saturated rings. The fourth-order valence-corrected chi connectivity index (χ4v) is 2.56. The molecule has 0 aliphatic carbocycles. The van der Waals surface area contributed by atoms with Gasteiger partial charge < -0.3 is 15.1 Å². The molecule has 1 atom stereocenters. The summed E-state index contributed by atoms with van der Waals surface area (Å²) < 4.78 is 0. The van der Waals surface area contributed by atoms with Crippen LogP contribution in [0.2, 0.25) is 0 Å². The summed E-state index contributed by atoms with van der Waals surface area (Å²) in [6, 6.07) is 9.43. The van der Waals surface area contributed by atoms with Crippen molar-refractivity contribution in [3.8, 4) is 0 Å². The number of nitrogens with zero attached hydrogens (tertiary/aromatic N) is 2. The Bertz CT molecular complexity index is 361. The molecule has 1 N–H and O–H groups in total. The Morgan fingerprint density at radius 2 is 2.06 bits per heavy atom. The molecule has 1 aliphatic rings. The van der Waals surface area contributed by atoms with Crippen LogP contribution >= 0.6 is 0 Å². The van der Waals surface area contributed by atoms with Crippen LogP contribution in [0.1, 0.15) is 11.1 Å². The Morgan fingerprint density at radius 3 is 2.72 bits per heavy atom. The zero-order chi connectivity index (χ0) is 13.0. The van der Waals surface area contributed by atoms with Crippen molar-refractivity contribution >= 4 is 0 Å². The number of hydrogen-bond donors (Lipinski definition) is 1. The van der Waals surface area contributed by atoms with Gasteiger partial charge in [-0.2, -0.15) is 0 Å². The summed E-state index contributed by atoms with van der Waals surface area (Å²) in [6.45, 7) is 7.70. The summed E-state index contributed by atoms with van der Waals surface area (Å²) >= 11 is 0. The van der Waals surface area contributed by atoms with E-state index < -0.39 is 0 Å². The number of rotatable bonds is 4. The highest BCUT2D eigenvalue weighted by Crippen LogP contribution is 2.07. The fourth-order valence-electron chi connectivity index (χ4n) is 2.56. The van der Waals surface area contributed by atoms with Gasteiger partial charge in [-0.3, -0.25) is 0 Å². The molecule has 0 spiro atoms.